The molecule has 0 saturated heterocycles. The van der Waals surface area contributed by atoms with Crippen LogP contribution >= 0.6 is 23.7 Å². The molecule has 0 bridgehead atoms. The maximum atomic E-state index is 12.4. The van der Waals surface area contributed by atoms with Gasteiger partial charge in [0.1, 0.15) is 5.01 Å². The minimum atomic E-state index is -4.47. The highest BCUT2D eigenvalue weighted by Gasteiger charge is 2.33. The summed E-state index contributed by atoms with van der Waals surface area (Å²) >= 11 is 0.858. The van der Waals surface area contributed by atoms with Crippen molar-refractivity contribution in [1.29, 1.82) is 0 Å². The van der Waals surface area contributed by atoms with E-state index < -0.39 is 17.8 Å². The minimum Gasteiger partial charge on any atom is -0.344 e. The van der Waals surface area contributed by atoms with Gasteiger partial charge in [-0.2, -0.15) is 18.3 Å². The van der Waals surface area contributed by atoms with Crippen LogP contribution in [0.15, 0.2) is 5.38 Å². The second kappa shape index (κ2) is 6.85. The smallest absolute Gasteiger partial charge is 0.344 e. The number of thiazole rings is 1. The van der Waals surface area contributed by atoms with Gasteiger partial charge in [-0.1, -0.05) is 0 Å². The number of aromatic nitrogens is 3. The molecule has 1 amide bonds. The summed E-state index contributed by atoms with van der Waals surface area (Å²) in [7, 11) is 0. The minimum absolute atomic E-state index is 0. The maximum Gasteiger partial charge on any atom is 0.434 e. The fourth-order valence-electron chi connectivity index (χ4n) is 2.17. The number of nitrogens with zero attached hydrogens (tertiary/aromatic N) is 2. The Bertz CT molecular complexity index is 699. The number of hydrogen-bond donors (Lipinski definition) is 3. The number of aromatic amines is 1. The number of fused-ring (bicyclic) bond motifs is 1. The normalized spacial score (nSPS) is 14.0. The summed E-state index contributed by atoms with van der Waals surface area (Å²) in [5, 5.41) is 13.6. The number of H-pyrrole nitrogens is 1. The van der Waals surface area contributed by atoms with Crippen LogP contribution in [0.1, 0.15) is 32.4 Å². The van der Waals surface area contributed by atoms with Crippen molar-refractivity contribution in [2.45, 2.75) is 25.7 Å². The Morgan fingerprint density at radius 2 is 2.22 bits per heavy atom. The van der Waals surface area contributed by atoms with Gasteiger partial charge in [0.05, 0.1) is 6.54 Å². The molecule has 0 unspecified atom stereocenters. The van der Waals surface area contributed by atoms with Gasteiger partial charge in [-0.3, -0.25) is 9.89 Å². The van der Waals surface area contributed by atoms with Crippen molar-refractivity contribution in [3.8, 4) is 0 Å². The predicted molar refractivity (Wildman–Crippen MR) is 79.5 cm³/mol. The lowest BCUT2D eigenvalue weighted by Crippen LogP contribution is -2.28. The average molecular weight is 368 g/mol. The van der Waals surface area contributed by atoms with Crippen LogP contribution in [0, 0.1) is 0 Å². The number of halogens is 4. The zero-order chi connectivity index (χ0) is 15.7. The zero-order valence-corrected chi connectivity index (χ0v) is 13.3. The maximum absolute atomic E-state index is 12.4. The molecule has 11 heteroatoms. The first kappa shape index (κ1) is 17.7. The first-order chi connectivity index (χ1) is 10.4. The van der Waals surface area contributed by atoms with Crippen molar-refractivity contribution >= 4 is 29.7 Å². The second-order valence-electron chi connectivity index (χ2n) is 4.76. The van der Waals surface area contributed by atoms with Crippen LogP contribution in [0.3, 0.4) is 0 Å². The summed E-state index contributed by atoms with van der Waals surface area (Å²) in [4.78, 5) is 15.5. The van der Waals surface area contributed by atoms with E-state index in [1.165, 1.54) is 0 Å². The molecule has 2 aromatic rings. The van der Waals surface area contributed by atoms with Gasteiger partial charge in [-0.15, -0.1) is 23.7 Å². The van der Waals surface area contributed by atoms with Crippen molar-refractivity contribution in [3.05, 3.63) is 33.0 Å². The molecule has 0 saturated carbocycles. The lowest BCUT2D eigenvalue weighted by molar-refractivity contribution is -0.140. The number of rotatable bonds is 3. The highest BCUT2D eigenvalue weighted by molar-refractivity contribution is 7.09. The molecule has 0 radical (unpaired) electrons. The molecule has 0 fully saturated rings. The van der Waals surface area contributed by atoms with E-state index in [9.17, 15) is 18.0 Å². The van der Waals surface area contributed by atoms with Crippen molar-refractivity contribution in [3.63, 3.8) is 0 Å². The summed E-state index contributed by atoms with van der Waals surface area (Å²) in [5.74, 6) is -0.426. The third-order valence-electron chi connectivity index (χ3n) is 3.26. The van der Waals surface area contributed by atoms with Gasteiger partial charge in [0.25, 0.3) is 5.91 Å². The van der Waals surface area contributed by atoms with E-state index in [0.29, 0.717) is 6.54 Å². The van der Waals surface area contributed by atoms with Gasteiger partial charge in [-0.25, -0.2) is 4.98 Å². The first-order valence-corrected chi connectivity index (χ1v) is 7.39. The topological polar surface area (TPSA) is 82.7 Å². The van der Waals surface area contributed by atoms with Crippen LogP contribution in [-0.4, -0.2) is 27.6 Å². The highest BCUT2D eigenvalue weighted by Crippen LogP contribution is 2.29. The summed E-state index contributed by atoms with van der Waals surface area (Å²) in [5.41, 5.74) is 1.05. The lowest BCUT2D eigenvalue weighted by atomic mass is 10.1. The molecule has 1 aliphatic heterocycles. The third kappa shape index (κ3) is 3.82. The van der Waals surface area contributed by atoms with Crippen LogP contribution in [0.4, 0.5) is 13.2 Å². The summed E-state index contributed by atoms with van der Waals surface area (Å²) in [6.45, 7) is 1.30. The third-order valence-corrected chi connectivity index (χ3v) is 4.11. The van der Waals surface area contributed by atoms with Gasteiger partial charge in [0.2, 0.25) is 0 Å². The molecule has 3 rings (SSSR count). The van der Waals surface area contributed by atoms with Crippen LogP contribution in [0.25, 0.3) is 0 Å². The molecule has 2 aromatic heterocycles. The fraction of sp³-hybridized carbons (Fsp3) is 0.417. The standard InChI is InChI=1S/C12H12F3N5OS.ClH/c13-12(14,15)8-5-22-9(18-8)4-17-11(21)10-6-3-16-2-1-7(6)19-20-10;/h5,16H,1-4H2,(H,17,21)(H,19,20);1H. The molecule has 0 aromatic carbocycles. The van der Waals surface area contributed by atoms with E-state index in [1.807, 2.05) is 0 Å². The van der Waals surface area contributed by atoms with E-state index in [4.69, 9.17) is 0 Å². The van der Waals surface area contributed by atoms with Crippen LogP contribution in [-0.2, 0) is 25.7 Å². The Morgan fingerprint density at radius 3 is 2.91 bits per heavy atom. The van der Waals surface area contributed by atoms with E-state index in [2.05, 4.69) is 25.8 Å². The van der Waals surface area contributed by atoms with E-state index >= 15 is 0 Å². The van der Waals surface area contributed by atoms with Gasteiger partial charge >= 0.3 is 6.18 Å². The molecular formula is C12H13ClF3N5OS. The van der Waals surface area contributed by atoms with E-state index in [1.54, 1.807) is 0 Å². The number of amides is 1. The number of alkyl halides is 3. The molecule has 0 spiro atoms. The lowest BCUT2D eigenvalue weighted by Gasteiger charge is -2.12. The number of carbonyl (C=O) groups is 1. The monoisotopic (exact) mass is 367 g/mol. The zero-order valence-electron chi connectivity index (χ0n) is 11.7. The van der Waals surface area contributed by atoms with Crippen molar-refractivity contribution in [1.82, 2.24) is 25.8 Å². The number of hydrogen-bond acceptors (Lipinski definition) is 5. The summed E-state index contributed by atoms with van der Waals surface area (Å²) in [6, 6.07) is 0. The Hall–Kier alpha value is -1.65. The van der Waals surface area contributed by atoms with Crippen LogP contribution < -0.4 is 10.6 Å². The van der Waals surface area contributed by atoms with Gasteiger partial charge < -0.3 is 10.6 Å². The van der Waals surface area contributed by atoms with Crippen molar-refractivity contribution < 1.29 is 18.0 Å². The predicted octanol–water partition coefficient (Wildman–Crippen LogP) is 1.88. The number of nitrogens with one attached hydrogen (secondary N) is 3. The highest BCUT2D eigenvalue weighted by atomic mass is 35.5. The van der Waals surface area contributed by atoms with E-state index in [0.717, 1.165) is 40.9 Å². The van der Waals surface area contributed by atoms with E-state index in [-0.39, 0.29) is 29.7 Å². The SMILES string of the molecule is Cl.O=C(NCc1nc(C(F)(F)F)cs1)c1n[nH]c2c1CNCC2. The molecule has 126 valence electrons. The van der Waals surface area contributed by atoms with Gasteiger partial charge in [-0.05, 0) is 0 Å². The fourth-order valence-corrected chi connectivity index (χ4v) is 2.92. The van der Waals surface area contributed by atoms with Crippen LogP contribution in [0.2, 0.25) is 0 Å². The largest absolute Gasteiger partial charge is 0.434 e. The van der Waals surface area contributed by atoms with Crippen molar-refractivity contribution in [2.75, 3.05) is 6.54 Å². The van der Waals surface area contributed by atoms with Gasteiger partial charge in [0, 0.05) is 36.1 Å². The molecular weight excluding hydrogens is 355 g/mol. The molecule has 3 N–H and O–H groups in total. The molecule has 0 atom stereocenters. The van der Waals surface area contributed by atoms with Gasteiger partial charge in [0.15, 0.2) is 11.4 Å². The molecule has 1 aliphatic rings. The molecule has 23 heavy (non-hydrogen) atoms. The first-order valence-electron chi connectivity index (χ1n) is 6.52. The second-order valence-corrected chi connectivity index (χ2v) is 5.71. The molecule has 6 nitrogen and oxygen atoms in total. The summed E-state index contributed by atoms with van der Waals surface area (Å²) in [6.07, 6.45) is -3.71. The van der Waals surface area contributed by atoms with Crippen LogP contribution in [0.5, 0.6) is 0 Å². The molecule has 0 aliphatic carbocycles. The Balaban J connectivity index is 0.00000192. The Morgan fingerprint density at radius 1 is 1.43 bits per heavy atom. The Kier molecular flexibility index (Phi) is 5.27. The summed E-state index contributed by atoms with van der Waals surface area (Å²) < 4.78 is 37.3. The number of carbonyl (C=O) groups excluding carboxylic acids is 1. The van der Waals surface area contributed by atoms with Crippen molar-refractivity contribution in [2.24, 2.45) is 0 Å². The quantitative estimate of drug-likeness (QED) is 0.773. The average Bonchev–Trinajstić information content (AvgIpc) is 3.11. The Labute approximate surface area is 139 Å². The molecule has 3 heterocycles.